The van der Waals surface area contributed by atoms with E-state index in [9.17, 15) is 9.59 Å². The van der Waals surface area contributed by atoms with Crippen LogP contribution >= 0.6 is 0 Å². The van der Waals surface area contributed by atoms with Gasteiger partial charge < -0.3 is 15.4 Å². The molecule has 5 heteroatoms. The molecule has 0 aliphatic rings. The van der Waals surface area contributed by atoms with Crippen LogP contribution in [0.15, 0.2) is 48.5 Å². The Morgan fingerprint density at radius 3 is 2.20 bits per heavy atom. The van der Waals surface area contributed by atoms with Crippen molar-refractivity contribution in [2.24, 2.45) is 0 Å². The molecule has 0 fully saturated rings. The molecule has 2 rings (SSSR count). The lowest BCUT2D eigenvalue weighted by Gasteiger charge is -2.19. The summed E-state index contributed by atoms with van der Waals surface area (Å²) in [6, 6.07) is 14.7. The maximum Gasteiger partial charge on any atom is 0.265 e. The van der Waals surface area contributed by atoms with Gasteiger partial charge in [0.1, 0.15) is 5.75 Å². The number of carbonyl (C=O) groups is 2. The van der Waals surface area contributed by atoms with E-state index in [2.05, 4.69) is 24.5 Å². The van der Waals surface area contributed by atoms with Gasteiger partial charge in [0, 0.05) is 18.3 Å². The molecule has 0 aliphatic carbocycles. The van der Waals surface area contributed by atoms with Gasteiger partial charge in [-0.2, -0.15) is 0 Å². The molecule has 1 atom stereocenters. The molecule has 0 saturated heterocycles. The number of para-hydroxylation sites is 1. The highest BCUT2D eigenvalue weighted by atomic mass is 16.5. The van der Waals surface area contributed by atoms with E-state index in [1.165, 1.54) is 6.92 Å². The van der Waals surface area contributed by atoms with Crippen molar-refractivity contribution in [3.8, 4) is 5.75 Å². The first-order valence-electron chi connectivity index (χ1n) is 8.31. The summed E-state index contributed by atoms with van der Waals surface area (Å²) in [6.07, 6.45) is -0.649. The normalized spacial score (nSPS) is 11.7. The highest BCUT2D eigenvalue weighted by molar-refractivity contribution is 5.95. The van der Waals surface area contributed by atoms with Gasteiger partial charge in [0.05, 0.1) is 0 Å². The second kappa shape index (κ2) is 8.33. The molecule has 1 unspecified atom stereocenters. The molecule has 2 aromatic carbocycles. The monoisotopic (exact) mass is 340 g/mol. The molecule has 5 nitrogen and oxygen atoms in total. The van der Waals surface area contributed by atoms with Gasteiger partial charge in [0.2, 0.25) is 5.91 Å². The summed E-state index contributed by atoms with van der Waals surface area (Å²) in [5, 5.41) is 5.49. The molecule has 0 aliphatic heterocycles. The standard InChI is InChI=1S/C20H24N2O3/c1-13(2)18-10-5-6-11-19(18)25-14(3)20(24)22-17-9-7-8-16(12-17)21-15(4)23/h5-14H,1-4H3,(H,21,23)(H,22,24). The van der Waals surface area contributed by atoms with Crippen LogP contribution in [0.4, 0.5) is 11.4 Å². The minimum Gasteiger partial charge on any atom is -0.481 e. The predicted molar refractivity (Wildman–Crippen MR) is 100.0 cm³/mol. The summed E-state index contributed by atoms with van der Waals surface area (Å²) < 4.78 is 5.85. The molecule has 25 heavy (non-hydrogen) atoms. The molecular weight excluding hydrogens is 316 g/mol. The van der Waals surface area contributed by atoms with Crippen LogP contribution in [0.25, 0.3) is 0 Å². The number of rotatable bonds is 6. The summed E-state index contributed by atoms with van der Waals surface area (Å²) in [5.74, 6) is 0.608. The van der Waals surface area contributed by atoms with Crippen molar-refractivity contribution in [3.63, 3.8) is 0 Å². The van der Waals surface area contributed by atoms with Crippen molar-refractivity contribution in [1.29, 1.82) is 0 Å². The average Bonchev–Trinajstić information content (AvgIpc) is 2.54. The van der Waals surface area contributed by atoms with E-state index in [4.69, 9.17) is 4.74 Å². The number of ether oxygens (including phenoxy) is 1. The summed E-state index contributed by atoms with van der Waals surface area (Å²) >= 11 is 0. The largest absolute Gasteiger partial charge is 0.481 e. The van der Waals surface area contributed by atoms with Gasteiger partial charge in [-0.25, -0.2) is 0 Å². The first-order chi connectivity index (χ1) is 11.9. The number of anilines is 2. The maximum atomic E-state index is 12.4. The SMILES string of the molecule is CC(=O)Nc1cccc(NC(=O)C(C)Oc2ccccc2C(C)C)c1. The molecule has 2 N–H and O–H groups in total. The highest BCUT2D eigenvalue weighted by Crippen LogP contribution is 2.27. The second-order valence-corrected chi connectivity index (χ2v) is 6.20. The molecule has 0 radical (unpaired) electrons. The first-order valence-corrected chi connectivity index (χ1v) is 8.31. The van der Waals surface area contributed by atoms with E-state index >= 15 is 0 Å². The van der Waals surface area contributed by atoms with Gasteiger partial charge in [-0.3, -0.25) is 9.59 Å². The van der Waals surface area contributed by atoms with Crippen LogP contribution < -0.4 is 15.4 Å². The summed E-state index contributed by atoms with van der Waals surface area (Å²) in [5.41, 5.74) is 2.29. The Morgan fingerprint density at radius 2 is 1.56 bits per heavy atom. The maximum absolute atomic E-state index is 12.4. The van der Waals surface area contributed by atoms with Crippen molar-refractivity contribution >= 4 is 23.2 Å². The van der Waals surface area contributed by atoms with E-state index in [0.717, 1.165) is 5.56 Å². The van der Waals surface area contributed by atoms with Gasteiger partial charge in [-0.1, -0.05) is 38.1 Å². The van der Waals surface area contributed by atoms with E-state index in [-0.39, 0.29) is 11.8 Å². The fourth-order valence-corrected chi connectivity index (χ4v) is 2.43. The number of hydrogen-bond donors (Lipinski definition) is 2. The molecule has 0 bridgehead atoms. The zero-order valence-corrected chi connectivity index (χ0v) is 15.0. The molecule has 2 aromatic rings. The van der Waals surface area contributed by atoms with Crippen LogP contribution in [0.1, 0.15) is 39.2 Å². The number of amides is 2. The number of nitrogens with one attached hydrogen (secondary N) is 2. The van der Waals surface area contributed by atoms with Gasteiger partial charge in [-0.15, -0.1) is 0 Å². The number of carbonyl (C=O) groups excluding carboxylic acids is 2. The lowest BCUT2D eigenvalue weighted by atomic mass is 10.0. The van der Waals surface area contributed by atoms with Crippen LogP contribution in [-0.2, 0) is 9.59 Å². The zero-order valence-electron chi connectivity index (χ0n) is 15.0. The highest BCUT2D eigenvalue weighted by Gasteiger charge is 2.17. The average molecular weight is 340 g/mol. The molecule has 0 aromatic heterocycles. The van der Waals surface area contributed by atoms with Gasteiger partial charge in [0.15, 0.2) is 6.10 Å². The second-order valence-electron chi connectivity index (χ2n) is 6.20. The van der Waals surface area contributed by atoms with E-state index in [0.29, 0.717) is 23.0 Å². The van der Waals surface area contributed by atoms with E-state index in [1.54, 1.807) is 31.2 Å². The Morgan fingerprint density at radius 1 is 0.920 bits per heavy atom. The lowest BCUT2D eigenvalue weighted by molar-refractivity contribution is -0.122. The van der Waals surface area contributed by atoms with Crippen LogP contribution in [0.2, 0.25) is 0 Å². The lowest BCUT2D eigenvalue weighted by Crippen LogP contribution is -2.30. The van der Waals surface area contributed by atoms with Crippen LogP contribution in [0.3, 0.4) is 0 Å². The van der Waals surface area contributed by atoms with E-state index < -0.39 is 6.10 Å². The van der Waals surface area contributed by atoms with Crippen molar-refractivity contribution in [2.45, 2.75) is 39.7 Å². The third-order valence-electron chi connectivity index (χ3n) is 3.66. The molecule has 0 saturated carbocycles. The van der Waals surface area contributed by atoms with Gasteiger partial charge in [0.25, 0.3) is 5.91 Å². The predicted octanol–water partition coefficient (Wildman–Crippen LogP) is 4.17. The molecular formula is C20H24N2O3. The smallest absolute Gasteiger partial charge is 0.265 e. The van der Waals surface area contributed by atoms with E-state index in [1.807, 2.05) is 24.3 Å². The number of benzene rings is 2. The Kier molecular flexibility index (Phi) is 6.17. The minimum absolute atomic E-state index is 0.162. The molecule has 132 valence electrons. The fraction of sp³-hybridized carbons (Fsp3) is 0.300. The minimum atomic E-state index is -0.649. The van der Waals surface area contributed by atoms with Crippen LogP contribution in [-0.4, -0.2) is 17.9 Å². The van der Waals surface area contributed by atoms with Crippen LogP contribution in [0, 0.1) is 0 Å². The Hall–Kier alpha value is -2.82. The first kappa shape index (κ1) is 18.5. The Bertz CT molecular complexity index is 756. The summed E-state index contributed by atoms with van der Waals surface area (Å²) in [6.45, 7) is 7.32. The Labute approximate surface area is 148 Å². The summed E-state index contributed by atoms with van der Waals surface area (Å²) in [7, 11) is 0. The molecule has 0 spiro atoms. The number of hydrogen-bond acceptors (Lipinski definition) is 3. The zero-order chi connectivity index (χ0) is 18.4. The molecule has 0 heterocycles. The Balaban J connectivity index is 2.05. The topological polar surface area (TPSA) is 67.4 Å². The van der Waals surface area contributed by atoms with Gasteiger partial charge >= 0.3 is 0 Å². The third kappa shape index (κ3) is 5.35. The summed E-state index contributed by atoms with van der Waals surface area (Å²) in [4.78, 5) is 23.5. The van der Waals surface area contributed by atoms with Crippen molar-refractivity contribution in [3.05, 3.63) is 54.1 Å². The van der Waals surface area contributed by atoms with Crippen molar-refractivity contribution in [2.75, 3.05) is 10.6 Å². The third-order valence-corrected chi connectivity index (χ3v) is 3.66. The molecule has 2 amide bonds. The quantitative estimate of drug-likeness (QED) is 0.829. The van der Waals surface area contributed by atoms with Crippen LogP contribution in [0.5, 0.6) is 5.75 Å². The van der Waals surface area contributed by atoms with Crippen molar-refractivity contribution in [1.82, 2.24) is 0 Å². The van der Waals surface area contributed by atoms with Crippen molar-refractivity contribution < 1.29 is 14.3 Å². The fourth-order valence-electron chi connectivity index (χ4n) is 2.43. The van der Waals surface area contributed by atoms with Gasteiger partial charge in [-0.05, 0) is 42.7 Å².